The van der Waals surface area contributed by atoms with Crippen LogP contribution in [-0.2, 0) is 0 Å². The highest BCUT2D eigenvalue weighted by Gasteiger charge is 2.06. The number of halogens is 2. The van der Waals surface area contributed by atoms with Gasteiger partial charge >= 0.3 is 0 Å². The van der Waals surface area contributed by atoms with Crippen LogP contribution in [0.3, 0.4) is 0 Å². The molecule has 0 spiro atoms. The highest BCUT2D eigenvalue weighted by molar-refractivity contribution is 14.1. The van der Waals surface area contributed by atoms with Crippen LogP contribution in [0.5, 0.6) is 0 Å². The van der Waals surface area contributed by atoms with Gasteiger partial charge in [-0.25, -0.2) is 4.39 Å². The van der Waals surface area contributed by atoms with E-state index < -0.39 is 0 Å². The number of hydrogen-bond acceptors (Lipinski definition) is 1. The van der Waals surface area contributed by atoms with Gasteiger partial charge in [-0.3, -0.25) is 0 Å². The van der Waals surface area contributed by atoms with E-state index in [0.717, 1.165) is 5.56 Å². The number of rotatable bonds is 2. The van der Waals surface area contributed by atoms with Crippen LogP contribution in [0.2, 0.25) is 0 Å². The normalized spacial score (nSPS) is 13.0. The second-order valence-electron chi connectivity index (χ2n) is 2.76. The van der Waals surface area contributed by atoms with E-state index in [1.54, 1.807) is 6.07 Å². The Kier molecular flexibility index (Phi) is 3.46. The summed E-state index contributed by atoms with van der Waals surface area (Å²) in [5, 5.41) is 8.82. The van der Waals surface area contributed by atoms with Gasteiger partial charge in [-0.05, 0) is 40.3 Å². The molecule has 0 radical (unpaired) electrons. The molecule has 0 saturated carbocycles. The molecule has 0 saturated heterocycles. The molecule has 0 heterocycles. The van der Waals surface area contributed by atoms with Gasteiger partial charge in [0.1, 0.15) is 5.82 Å². The molecule has 66 valence electrons. The third-order valence-corrected chi connectivity index (χ3v) is 2.66. The Bertz CT molecular complexity index is 275. The smallest absolute Gasteiger partial charge is 0.136 e. The van der Waals surface area contributed by atoms with Crippen LogP contribution in [0, 0.1) is 9.39 Å². The lowest BCUT2D eigenvalue weighted by atomic mass is 10.0. The van der Waals surface area contributed by atoms with E-state index in [9.17, 15) is 4.39 Å². The summed E-state index contributed by atoms with van der Waals surface area (Å²) in [6.45, 7) is 1.92. The predicted molar refractivity (Wildman–Crippen MR) is 54.6 cm³/mol. The Labute approximate surface area is 84.7 Å². The fourth-order valence-electron chi connectivity index (χ4n) is 0.924. The summed E-state index contributed by atoms with van der Waals surface area (Å²) in [5.74, 6) is -0.204. The van der Waals surface area contributed by atoms with Gasteiger partial charge in [0.25, 0.3) is 0 Å². The van der Waals surface area contributed by atoms with Gasteiger partial charge in [0.05, 0.1) is 0 Å². The minimum atomic E-state index is -0.214. The molecule has 1 aromatic rings. The quantitative estimate of drug-likeness (QED) is 0.825. The number of hydrogen-bond donors (Lipinski definition) is 1. The molecule has 1 unspecified atom stereocenters. The van der Waals surface area contributed by atoms with E-state index in [-0.39, 0.29) is 18.3 Å². The third kappa shape index (κ3) is 2.17. The highest BCUT2D eigenvalue weighted by atomic mass is 127. The first-order valence-corrected chi connectivity index (χ1v) is 4.79. The maximum Gasteiger partial charge on any atom is 0.136 e. The fraction of sp³-hybridized carbons (Fsp3) is 0.333. The molecule has 1 atom stereocenters. The van der Waals surface area contributed by atoms with E-state index >= 15 is 0 Å². The van der Waals surface area contributed by atoms with E-state index in [1.165, 1.54) is 6.07 Å². The lowest BCUT2D eigenvalue weighted by Crippen LogP contribution is -1.99. The first-order valence-electron chi connectivity index (χ1n) is 3.71. The second kappa shape index (κ2) is 4.18. The van der Waals surface area contributed by atoms with Crippen molar-refractivity contribution in [1.29, 1.82) is 0 Å². The van der Waals surface area contributed by atoms with Gasteiger partial charge < -0.3 is 5.11 Å². The molecule has 0 aliphatic heterocycles. The van der Waals surface area contributed by atoms with Crippen LogP contribution in [0.4, 0.5) is 4.39 Å². The molecule has 0 aliphatic rings. The van der Waals surface area contributed by atoms with Crippen molar-refractivity contribution in [3.05, 3.63) is 33.1 Å². The largest absolute Gasteiger partial charge is 0.396 e. The summed E-state index contributed by atoms with van der Waals surface area (Å²) in [4.78, 5) is 0. The molecule has 3 heteroatoms. The first-order chi connectivity index (χ1) is 5.65. The molecule has 0 bridgehead atoms. The zero-order chi connectivity index (χ0) is 9.14. The van der Waals surface area contributed by atoms with E-state index in [4.69, 9.17) is 5.11 Å². The van der Waals surface area contributed by atoms with Crippen LogP contribution in [0.1, 0.15) is 18.4 Å². The summed E-state index contributed by atoms with van der Waals surface area (Å²) >= 11 is 1.94. The zero-order valence-corrected chi connectivity index (χ0v) is 8.88. The summed E-state index contributed by atoms with van der Waals surface area (Å²) in [5.41, 5.74) is 0.843. The van der Waals surface area contributed by atoms with E-state index in [0.29, 0.717) is 3.57 Å². The Morgan fingerprint density at radius 1 is 1.58 bits per heavy atom. The first kappa shape index (κ1) is 9.92. The topological polar surface area (TPSA) is 20.2 Å². The summed E-state index contributed by atoms with van der Waals surface area (Å²) < 4.78 is 13.6. The average molecular weight is 280 g/mol. The minimum absolute atomic E-state index is 0.0106. The van der Waals surface area contributed by atoms with Crippen molar-refractivity contribution in [3.63, 3.8) is 0 Å². The van der Waals surface area contributed by atoms with Crippen LogP contribution in [0.25, 0.3) is 0 Å². The SMILES string of the molecule is CC(CO)c1ccc(I)c(F)c1. The Hall–Kier alpha value is -0.160. The van der Waals surface area contributed by atoms with Crippen LogP contribution in [-0.4, -0.2) is 11.7 Å². The average Bonchev–Trinajstić information content (AvgIpc) is 2.08. The molecule has 12 heavy (non-hydrogen) atoms. The molecule has 0 aromatic heterocycles. The zero-order valence-electron chi connectivity index (χ0n) is 6.72. The van der Waals surface area contributed by atoms with Gasteiger partial charge in [-0.15, -0.1) is 0 Å². The summed E-state index contributed by atoms with van der Waals surface area (Å²) in [6, 6.07) is 5.03. The molecule has 1 rings (SSSR count). The minimum Gasteiger partial charge on any atom is -0.396 e. The van der Waals surface area contributed by atoms with E-state index in [1.807, 2.05) is 35.6 Å². The van der Waals surface area contributed by atoms with Gasteiger partial charge in [0.2, 0.25) is 0 Å². The maximum atomic E-state index is 13.0. The lowest BCUT2D eigenvalue weighted by molar-refractivity contribution is 0.273. The Morgan fingerprint density at radius 2 is 2.25 bits per heavy atom. The molecule has 1 aromatic carbocycles. The van der Waals surface area contributed by atoms with Crippen molar-refractivity contribution in [1.82, 2.24) is 0 Å². The van der Waals surface area contributed by atoms with Crippen LogP contribution < -0.4 is 0 Å². The highest BCUT2D eigenvalue weighted by Crippen LogP contribution is 2.18. The number of aliphatic hydroxyl groups is 1. The van der Waals surface area contributed by atoms with Crippen molar-refractivity contribution in [3.8, 4) is 0 Å². The lowest BCUT2D eigenvalue weighted by Gasteiger charge is -2.08. The Balaban J connectivity index is 2.96. The monoisotopic (exact) mass is 280 g/mol. The van der Waals surface area contributed by atoms with Crippen LogP contribution in [0.15, 0.2) is 18.2 Å². The van der Waals surface area contributed by atoms with Crippen molar-refractivity contribution in [2.24, 2.45) is 0 Å². The predicted octanol–water partition coefficient (Wildman–Crippen LogP) is 2.53. The van der Waals surface area contributed by atoms with E-state index in [2.05, 4.69) is 0 Å². The van der Waals surface area contributed by atoms with Gasteiger partial charge in [0.15, 0.2) is 0 Å². The fourth-order valence-corrected chi connectivity index (χ4v) is 1.26. The summed E-state index contributed by atoms with van der Waals surface area (Å²) in [6.07, 6.45) is 0. The number of aliphatic hydroxyl groups excluding tert-OH is 1. The van der Waals surface area contributed by atoms with Crippen molar-refractivity contribution in [2.45, 2.75) is 12.8 Å². The van der Waals surface area contributed by atoms with Crippen molar-refractivity contribution >= 4 is 22.6 Å². The molecular weight excluding hydrogens is 270 g/mol. The molecular formula is C9H10FIO. The summed E-state index contributed by atoms with van der Waals surface area (Å²) in [7, 11) is 0. The van der Waals surface area contributed by atoms with Crippen LogP contribution >= 0.6 is 22.6 Å². The molecule has 0 amide bonds. The van der Waals surface area contributed by atoms with Gasteiger partial charge in [0, 0.05) is 16.1 Å². The van der Waals surface area contributed by atoms with Crippen molar-refractivity contribution < 1.29 is 9.50 Å². The molecule has 0 fully saturated rings. The maximum absolute atomic E-state index is 13.0. The van der Waals surface area contributed by atoms with Crippen molar-refractivity contribution in [2.75, 3.05) is 6.61 Å². The second-order valence-corrected chi connectivity index (χ2v) is 3.92. The molecule has 0 aliphatic carbocycles. The standard InChI is InChI=1S/C9H10FIO/c1-6(5-12)7-2-3-9(11)8(10)4-7/h2-4,6,12H,5H2,1H3. The number of benzene rings is 1. The molecule has 1 nitrogen and oxygen atoms in total. The third-order valence-electron chi connectivity index (χ3n) is 1.79. The van der Waals surface area contributed by atoms with Gasteiger partial charge in [-0.1, -0.05) is 13.0 Å². The van der Waals surface area contributed by atoms with Gasteiger partial charge in [-0.2, -0.15) is 0 Å². The molecule has 1 N–H and O–H groups in total. The Morgan fingerprint density at radius 3 is 2.75 bits per heavy atom.